The number of thiophene rings is 1. The molecule has 0 amide bonds. The smallest absolute Gasteiger partial charge is 0.332 e. The fraction of sp³-hybridized carbons (Fsp3) is 0.333. The molecule has 7 nitrogen and oxygen atoms in total. The van der Waals surface area contributed by atoms with Crippen molar-refractivity contribution in [3.63, 3.8) is 0 Å². The predicted octanol–water partition coefficient (Wildman–Crippen LogP) is 0.357. The number of aliphatic carboxylic acids is 1. The van der Waals surface area contributed by atoms with E-state index in [0.717, 1.165) is 20.5 Å². The Kier molecular flexibility index (Phi) is 3.34. The largest absolute Gasteiger partial charge is 0.480 e. The first-order valence-electron chi connectivity index (χ1n) is 5.71. The Morgan fingerprint density at radius 1 is 1.30 bits per heavy atom. The second-order valence-electron chi connectivity index (χ2n) is 4.42. The van der Waals surface area contributed by atoms with Crippen molar-refractivity contribution in [3.8, 4) is 0 Å². The summed E-state index contributed by atoms with van der Waals surface area (Å²) in [6.45, 7) is 2.43. The number of carbonyl (C=O) groups excluding carboxylic acids is 1. The molecule has 8 heteroatoms. The van der Waals surface area contributed by atoms with Crippen molar-refractivity contribution in [3.05, 3.63) is 31.3 Å². The lowest BCUT2D eigenvalue weighted by atomic mass is 10.2. The number of aromatic nitrogens is 2. The minimum Gasteiger partial charge on any atom is -0.480 e. The molecule has 0 aliphatic heterocycles. The zero-order valence-corrected chi connectivity index (χ0v) is 11.9. The van der Waals surface area contributed by atoms with E-state index >= 15 is 0 Å². The third-order valence-electron chi connectivity index (χ3n) is 3.02. The Labute approximate surface area is 116 Å². The number of aryl methyl sites for hydroxylation is 1. The second kappa shape index (κ2) is 4.71. The van der Waals surface area contributed by atoms with Crippen LogP contribution in [0.4, 0.5) is 0 Å². The van der Waals surface area contributed by atoms with Crippen molar-refractivity contribution >= 4 is 33.3 Å². The van der Waals surface area contributed by atoms with E-state index in [1.165, 1.54) is 14.0 Å². The van der Waals surface area contributed by atoms with E-state index in [4.69, 9.17) is 5.11 Å². The molecule has 0 spiro atoms. The second-order valence-corrected chi connectivity index (χ2v) is 5.42. The molecule has 2 aromatic heterocycles. The summed E-state index contributed by atoms with van der Waals surface area (Å²) < 4.78 is 1.86. The zero-order valence-electron chi connectivity index (χ0n) is 11.1. The summed E-state index contributed by atoms with van der Waals surface area (Å²) in [5.74, 6) is -1.41. The number of rotatable bonds is 3. The number of nitrogens with zero attached hydrogens (tertiary/aromatic N) is 2. The van der Waals surface area contributed by atoms with Gasteiger partial charge in [0.2, 0.25) is 0 Å². The molecule has 106 valence electrons. The van der Waals surface area contributed by atoms with Crippen molar-refractivity contribution < 1.29 is 14.7 Å². The van der Waals surface area contributed by atoms with Crippen LogP contribution in [0.1, 0.15) is 22.2 Å². The number of carboxylic acids is 1. The standard InChI is InChI=1S/C12H12N2O5S/c1-5-8-10(18)13(3)12(19)14(4-7(16)17)11(8)20-9(5)6(2)15/h4H2,1-3H3,(H,16,17). The highest BCUT2D eigenvalue weighted by Crippen LogP contribution is 2.27. The van der Waals surface area contributed by atoms with Crippen molar-refractivity contribution in [2.45, 2.75) is 20.4 Å². The van der Waals surface area contributed by atoms with Gasteiger partial charge < -0.3 is 5.11 Å². The van der Waals surface area contributed by atoms with Crippen LogP contribution in [0.3, 0.4) is 0 Å². The van der Waals surface area contributed by atoms with Crippen LogP contribution in [0, 0.1) is 6.92 Å². The Balaban J connectivity index is 3.03. The van der Waals surface area contributed by atoms with Crippen molar-refractivity contribution in [2.24, 2.45) is 7.05 Å². The molecule has 2 aromatic rings. The summed E-state index contributed by atoms with van der Waals surface area (Å²) in [5, 5.41) is 9.11. The van der Waals surface area contributed by atoms with Crippen LogP contribution in [-0.2, 0) is 18.4 Å². The molecule has 0 aliphatic rings. The average Bonchev–Trinajstić information content (AvgIpc) is 2.69. The van der Waals surface area contributed by atoms with Crippen LogP contribution in [-0.4, -0.2) is 26.0 Å². The molecule has 0 aromatic carbocycles. The SMILES string of the molecule is CC(=O)c1sc2c(c1C)c(=O)n(C)c(=O)n2CC(=O)O. The number of fused-ring (bicyclic) bond motifs is 1. The molecule has 0 saturated carbocycles. The third kappa shape index (κ3) is 1.97. The number of ketones is 1. The predicted molar refractivity (Wildman–Crippen MR) is 73.7 cm³/mol. The molecule has 0 fully saturated rings. The van der Waals surface area contributed by atoms with Gasteiger partial charge in [0.05, 0.1) is 10.3 Å². The number of Topliss-reactive ketones (excluding diaryl/α,β-unsaturated/α-hetero) is 1. The lowest BCUT2D eigenvalue weighted by Gasteiger charge is -2.06. The van der Waals surface area contributed by atoms with Crippen LogP contribution in [0.2, 0.25) is 0 Å². The molecule has 0 saturated heterocycles. The molecule has 0 atom stereocenters. The summed E-state index contributed by atoms with van der Waals surface area (Å²) in [6.07, 6.45) is 0. The summed E-state index contributed by atoms with van der Waals surface area (Å²) in [4.78, 5) is 47.2. The molecule has 1 N–H and O–H groups in total. The Hall–Kier alpha value is -2.22. The van der Waals surface area contributed by atoms with E-state index in [9.17, 15) is 19.2 Å². The summed E-state index contributed by atoms with van der Waals surface area (Å²) in [5.41, 5.74) is -0.744. The molecule has 0 bridgehead atoms. The molecule has 0 unspecified atom stereocenters. The fourth-order valence-corrected chi connectivity index (χ4v) is 3.26. The summed E-state index contributed by atoms with van der Waals surface area (Å²) in [6, 6.07) is 0. The van der Waals surface area contributed by atoms with E-state index in [-0.39, 0.29) is 16.0 Å². The first-order chi connectivity index (χ1) is 9.25. The van der Waals surface area contributed by atoms with Gasteiger partial charge in [0, 0.05) is 7.05 Å². The highest BCUT2D eigenvalue weighted by atomic mass is 32.1. The topological polar surface area (TPSA) is 98.4 Å². The van der Waals surface area contributed by atoms with Crippen LogP contribution in [0.5, 0.6) is 0 Å². The Morgan fingerprint density at radius 2 is 1.90 bits per heavy atom. The van der Waals surface area contributed by atoms with Gasteiger partial charge in [-0.05, 0) is 19.4 Å². The van der Waals surface area contributed by atoms with Gasteiger partial charge >= 0.3 is 11.7 Å². The van der Waals surface area contributed by atoms with Gasteiger partial charge in [-0.1, -0.05) is 0 Å². The maximum Gasteiger partial charge on any atom is 0.332 e. The third-order valence-corrected chi connectivity index (χ3v) is 4.44. The molecule has 0 aliphatic carbocycles. The van der Waals surface area contributed by atoms with Gasteiger partial charge in [0.15, 0.2) is 5.78 Å². The maximum absolute atomic E-state index is 12.1. The van der Waals surface area contributed by atoms with Gasteiger partial charge in [0.1, 0.15) is 11.4 Å². The van der Waals surface area contributed by atoms with E-state index in [0.29, 0.717) is 10.4 Å². The van der Waals surface area contributed by atoms with Gasteiger partial charge in [-0.2, -0.15) is 0 Å². The van der Waals surface area contributed by atoms with E-state index in [1.54, 1.807) is 6.92 Å². The minimum absolute atomic E-state index is 0.222. The maximum atomic E-state index is 12.1. The monoisotopic (exact) mass is 296 g/mol. The van der Waals surface area contributed by atoms with Crippen molar-refractivity contribution in [1.82, 2.24) is 9.13 Å². The quantitative estimate of drug-likeness (QED) is 0.824. The normalized spacial score (nSPS) is 10.9. The van der Waals surface area contributed by atoms with Gasteiger partial charge in [-0.3, -0.25) is 23.5 Å². The van der Waals surface area contributed by atoms with Gasteiger partial charge in [-0.15, -0.1) is 11.3 Å². The van der Waals surface area contributed by atoms with Gasteiger partial charge in [-0.25, -0.2) is 4.79 Å². The lowest BCUT2D eigenvalue weighted by Crippen LogP contribution is -2.39. The number of hydrogen-bond donors (Lipinski definition) is 1. The fourth-order valence-electron chi connectivity index (χ4n) is 2.07. The Morgan fingerprint density at radius 3 is 2.40 bits per heavy atom. The highest BCUT2D eigenvalue weighted by molar-refractivity contribution is 7.20. The van der Waals surface area contributed by atoms with Crippen LogP contribution >= 0.6 is 11.3 Å². The van der Waals surface area contributed by atoms with Crippen molar-refractivity contribution in [2.75, 3.05) is 0 Å². The number of hydrogen-bond acceptors (Lipinski definition) is 5. The van der Waals surface area contributed by atoms with E-state index in [1.807, 2.05) is 0 Å². The average molecular weight is 296 g/mol. The van der Waals surface area contributed by atoms with Gasteiger partial charge in [0.25, 0.3) is 5.56 Å². The van der Waals surface area contributed by atoms with Crippen LogP contribution < -0.4 is 11.2 Å². The van der Waals surface area contributed by atoms with Crippen LogP contribution in [0.25, 0.3) is 10.2 Å². The summed E-state index contributed by atoms with van der Waals surface area (Å²) >= 11 is 0.974. The first kappa shape index (κ1) is 14.2. The highest BCUT2D eigenvalue weighted by Gasteiger charge is 2.21. The summed E-state index contributed by atoms with van der Waals surface area (Å²) in [7, 11) is 1.28. The lowest BCUT2D eigenvalue weighted by molar-refractivity contribution is -0.137. The molecule has 0 radical (unpaired) electrons. The van der Waals surface area contributed by atoms with Crippen LogP contribution in [0.15, 0.2) is 9.59 Å². The van der Waals surface area contributed by atoms with E-state index < -0.39 is 23.8 Å². The molecular formula is C12H12N2O5S. The molecule has 20 heavy (non-hydrogen) atoms. The van der Waals surface area contributed by atoms with Crippen molar-refractivity contribution in [1.29, 1.82) is 0 Å². The zero-order chi connectivity index (χ0) is 15.2. The minimum atomic E-state index is -1.19. The van der Waals surface area contributed by atoms with E-state index in [2.05, 4.69) is 0 Å². The molecule has 2 heterocycles. The Bertz CT molecular complexity index is 855. The first-order valence-corrected chi connectivity index (χ1v) is 6.53. The molecular weight excluding hydrogens is 284 g/mol. The molecule has 2 rings (SSSR count). The number of carbonyl (C=O) groups is 2. The number of carboxylic acid groups (broad SMARTS) is 1.